The van der Waals surface area contributed by atoms with Gasteiger partial charge in [0.15, 0.2) is 6.61 Å². The normalized spacial score (nSPS) is 11.1. The first kappa shape index (κ1) is 13.5. The monoisotopic (exact) mass is 236 g/mol. The Balaban J connectivity index is 2.51. The van der Waals surface area contributed by atoms with Crippen molar-refractivity contribution < 1.29 is 9.53 Å². The molecule has 94 valence electrons. The van der Waals surface area contributed by atoms with Gasteiger partial charge in [0.2, 0.25) is 0 Å². The number of ether oxygens (including phenoxy) is 1. The van der Waals surface area contributed by atoms with Crippen LogP contribution in [0.2, 0.25) is 0 Å². The van der Waals surface area contributed by atoms with Crippen LogP contribution in [-0.4, -0.2) is 36.5 Å². The quantitative estimate of drug-likeness (QED) is 0.837. The van der Waals surface area contributed by atoms with Crippen molar-refractivity contribution in [3.63, 3.8) is 0 Å². The van der Waals surface area contributed by atoms with E-state index in [1.807, 2.05) is 44.2 Å². The lowest BCUT2D eigenvalue weighted by molar-refractivity contribution is -0.136. The third kappa shape index (κ3) is 3.75. The van der Waals surface area contributed by atoms with Crippen molar-refractivity contribution in [1.29, 1.82) is 0 Å². The highest BCUT2D eigenvalue weighted by atomic mass is 16.5. The lowest BCUT2D eigenvalue weighted by Crippen LogP contribution is -2.51. The molecule has 0 heterocycles. The van der Waals surface area contributed by atoms with Crippen LogP contribution >= 0.6 is 0 Å². The molecular formula is C13H20N2O2. The maximum absolute atomic E-state index is 11.9. The molecule has 0 bridgehead atoms. The summed E-state index contributed by atoms with van der Waals surface area (Å²) in [6.07, 6.45) is 0. The standard InChI is InChI=1S/C13H20N2O2/c1-13(2,10-14)15(3)12(16)9-17-11-7-5-4-6-8-11/h4-8H,9-10,14H2,1-3H3. The average Bonchev–Trinajstić information content (AvgIpc) is 2.36. The van der Waals surface area contributed by atoms with E-state index in [2.05, 4.69) is 0 Å². The van der Waals surface area contributed by atoms with Crippen molar-refractivity contribution >= 4 is 5.91 Å². The molecule has 0 spiro atoms. The van der Waals surface area contributed by atoms with Gasteiger partial charge in [-0.1, -0.05) is 18.2 Å². The van der Waals surface area contributed by atoms with Gasteiger partial charge in [0.05, 0.1) is 0 Å². The molecule has 0 radical (unpaired) electrons. The van der Waals surface area contributed by atoms with Gasteiger partial charge in [0.1, 0.15) is 5.75 Å². The van der Waals surface area contributed by atoms with E-state index in [-0.39, 0.29) is 18.1 Å². The summed E-state index contributed by atoms with van der Waals surface area (Å²) in [7, 11) is 1.74. The van der Waals surface area contributed by atoms with Gasteiger partial charge in [-0.05, 0) is 26.0 Å². The van der Waals surface area contributed by atoms with Gasteiger partial charge in [-0.2, -0.15) is 0 Å². The first-order valence-corrected chi connectivity index (χ1v) is 5.62. The van der Waals surface area contributed by atoms with Crippen LogP contribution in [-0.2, 0) is 4.79 Å². The van der Waals surface area contributed by atoms with Crippen LogP contribution in [0.3, 0.4) is 0 Å². The van der Waals surface area contributed by atoms with Crippen molar-refractivity contribution in [2.75, 3.05) is 20.2 Å². The molecule has 1 aromatic rings. The second kappa shape index (κ2) is 5.68. The molecule has 0 saturated carbocycles. The highest BCUT2D eigenvalue weighted by molar-refractivity contribution is 5.78. The number of para-hydroxylation sites is 1. The van der Waals surface area contributed by atoms with E-state index in [1.165, 1.54) is 0 Å². The number of nitrogens with zero attached hydrogens (tertiary/aromatic N) is 1. The van der Waals surface area contributed by atoms with Crippen LogP contribution in [0.1, 0.15) is 13.8 Å². The van der Waals surface area contributed by atoms with Gasteiger partial charge >= 0.3 is 0 Å². The Bertz CT molecular complexity index is 363. The summed E-state index contributed by atoms with van der Waals surface area (Å²) in [5.41, 5.74) is 5.27. The first-order valence-electron chi connectivity index (χ1n) is 5.62. The van der Waals surface area contributed by atoms with Crippen LogP contribution in [0.25, 0.3) is 0 Å². The van der Waals surface area contributed by atoms with Crippen LogP contribution in [0, 0.1) is 0 Å². The van der Waals surface area contributed by atoms with E-state index in [9.17, 15) is 4.79 Å². The Kier molecular flexibility index (Phi) is 4.52. The number of carbonyl (C=O) groups excluding carboxylic acids is 1. The summed E-state index contributed by atoms with van der Waals surface area (Å²) in [5.74, 6) is 0.615. The lowest BCUT2D eigenvalue weighted by Gasteiger charge is -2.34. The fraction of sp³-hybridized carbons (Fsp3) is 0.462. The topological polar surface area (TPSA) is 55.6 Å². The highest BCUT2D eigenvalue weighted by Gasteiger charge is 2.26. The first-order chi connectivity index (χ1) is 7.97. The number of rotatable bonds is 5. The minimum absolute atomic E-state index is 0.0317. The Morgan fingerprint density at radius 2 is 1.94 bits per heavy atom. The molecule has 2 N–H and O–H groups in total. The zero-order chi connectivity index (χ0) is 12.9. The average molecular weight is 236 g/mol. The molecule has 0 aliphatic carbocycles. The van der Waals surface area contributed by atoms with Crippen molar-refractivity contribution in [3.05, 3.63) is 30.3 Å². The van der Waals surface area contributed by atoms with Gasteiger partial charge in [-0.3, -0.25) is 4.79 Å². The van der Waals surface area contributed by atoms with E-state index in [4.69, 9.17) is 10.5 Å². The summed E-state index contributed by atoms with van der Waals surface area (Å²) in [6, 6.07) is 9.28. The zero-order valence-electron chi connectivity index (χ0n) is 10.6. The van der Waals surface area contributed by atoms with E-state index in [1.54, 1.807) is 11.9 Å². The maximum Gasteiger partial charge on any atom is 0.260 e. The number of carbonyl (C=O) groups is 1. The summed E-state index contributed by atoms with van der Waals surface area (Å²) < 4.78 is 5.40. The minimum atomic E-state index is -0.350. The second-order valence-corrected chi connectivity index (χ2v) is 4.57. The maximum atomic E-state index is 11.9. The summed E-state index contributed by atoms with van der Waals surface area (Å²) in [6.45, 7) is 4.30. The summed E-state index contributed by atoms with van der Waals surface area (Å²) in [4.78, 5) is 13.5. The van der Waals surface area contributed by atoms with Gasteiger partial charge in [-0.25, -0.2) is 0 Å². The molecule has 4 heteroatoms. The molecule has 0 aliphatic rings. The molecule has 1 aromatic carbocycles. The predicted octanol–water partition coefficient (Wildman–Crippen LogP) is 1.26. The molecule has 0 atom stereocenters. The van der Waals surface area contributed by atoms with Gasteiger partial charge in [0, 0.05) is 19.1 Å². The van der Waals surface area contributed by atoms with Crippen molar-refractivity contribution in [3.8, 4) is 5.75 Å². The highest BCUT2D eigenvalue weighted by Crippen LogP contribution is 2.12. The Hall–Kier alpha value is -1.55. The molecule has 1 rings (SSSR count). The molecule has 0 saturated heterocycles. The van der Waals surface area contributed by atoms with E-state index in [0.717, 1.165) is 0 Å². The van der Waals surface area contributed by atoms with Gasteiger partial charge in [0.25, 0.3) is 5.91 Å². The van der Waals surface area contributed by atoms with Crippen molar-refractivity contribution in [1.82, 2.24) is 4.90 Å². The number of hydrogen-bond donors (Lipinski definition) is 1. The number of benzene rings is 1. The Labute approximate surface area is 102 Å². The third-order valence-corrected chi connectivity index (χ3v) is 2.89. The number of hydrogen-bond acceptors (Lipinski definition) is 3. The van der Waals surface area contributed by atoms with Crippen LogP contribution in [0.15, 0.2) is 30.3 Å². The van der Waals surface area contributed by atoms with Crippen molar-refractivity contribution in [2.45, 2.75) is 19.4 Å². The Morgan fingerprint density at radius 3 is 2.47 bits per heavy atom. The van der Waals surface area contributed by atoms with Crippen LogP contribution < -0.4 is 10.5 Å². The molecule has 1 amide bonds. The largest absolute Gasteiger partial charge is 0.484 e. The fourth-order valence-corrected chi connectivity index (χ4v) is 1.23. The second-order valence-electron chi connectivity index (χ2n) is 4.57. The lowest BCUT2D eigenvalue weighted by atomic mass is 10.0. The van der Waals surface area contributed by atoms with E-state index in [0.29, 0.717) is 12.3 Å². The molecule has 4 nitrogen and oxygen atoms in total. The molecule has 0 fully saturated rings. The number of nitrogens with two attached hydrogens (primary N) is 1. The number of likely N-dealkylation sites (N-methyl/N-ethyl adjacent to an activating group) is 1. The molecular weight excluding hydrogens is 216 g/mol. The van der Waals surface area contributed by atoms with E-state index < -0.39 is 0 Å². The van der Waals surface area contributed by atoms with Gasteiger partial charge in [-0.15, -0.1) is 0 Å². The Morgan fingerprint density at radius 1 is 1.35 bits per heavy atom. The molecule has 0 aliphatic heterocycles. The fourth-order valence-electron chi connectivity index (χ4n) is 1.23. The van der Waals surface area contributed by atoms with Crippen molar-refractivity contribution in [2.24, 2.45) is 5.73 Å². The minimum Gasteiger partial charge on any atom is -0.484 e. The predicted molar refractivity (Wildman–Crippen MR) is 67.8 cm³/mol. The molecule has 0 unspecified atom stereocenters. The SMILES string of the molecule is CN(C(=O)COc1ccccc1)C(C)(C)CN. The molecule has 0 aromatic heterocycles. The van der Waals surface area contributed by atoms with Crippen LogP contribution in [0.4, 0.5) is 0 Å². The number of amides is 1. The third-order valence-electron chi connectivity index (χ3n) is 2.89. The van der Waals surface area contributed by atoms with Crippen LogP contribution in [0.5, 0.6) is 5.75 Å². The summed E-state index contributed by atoms with van der Waals surface area (Å²) >= 11 is 0. The summed E-state index contributed by atoms with van der Waals surface area (Å²) in [5, 5.41) is 0. The van der Waals surface area contributed by atoms with Gasteiger partial charge < -0.3 is 15.4 Å². The zero-order valence-corrected chi connectivity index (χ0v) is 10.6. The van der Waals surface area contributed by atoms with E-state index >= 15 is 0 Å². The molecule has 17 heavy (non-hydrogen) atoms. The smallest absolute Gasteiger partial charge is 0.260 e.